The summed E-state index contributed by atoms with van der Waals surface area (Å²) in [4.78, 5) is 4.94. The Morgan fingerprint density at radius 3 is 2.86 bits per heavy atom. The Morgan fingerprint density at radius 1 is 1.36 bits per heavy atom. The number of alkyl halides is 1. The number of aromatic nitrogens is 1. The fourth-order valence-electron chi connectivity index (χ4n) is 1.50. The van der Waals surface area contributed by atoms with E-state index in [1.165, 1.54) is 15.8 Å². The summed E-state index contributed by atoms with van der Waals surface area (Å²) in [6.45, 7) is 4.37. The van der Waals surface area contributed by atoms with Gasteiger partial charge in [-0.15, -0.1) is 11.3 Å². The Bertz CT molecular complexity index is 436. The second-order valence-electron chi connectivity index (χ2n) is 3.49. The van der Waals surface area contributed by atoms with E-state index in [2.05, 4.69) is 52.3 Å². The highest BCUT2D eigenvalue weighted by molar-refractivity contribution is 9.09. The van der Waals surface area contributed by atoms with Crippen LogP contribution in [0.3, 0.4) is 0 Å². The van der Waals surface area contributed by atoms with E-state index < -0.39 is 0 Å². The second-order valence-corrected chi connectivity index (χ2v) is 5.89. The van der Waals surface area contributed by atoms with Gasteiger partial charge >= 0.3 is 0 Å². The van der Waals surface area contributed by atoms with Gasteiger partial charge in [0.25, 0.3) is 0 Å². The number of thiophene rings is 1. The van der Waals surface area contributed by atoms with E-state index in [9.17, 15) is 0 Å². The predicted molar refractivity (Wildman–Crippen MR) is 66.4 cm³/mol. The highest BCUT2D eigenvalue weighted by Gasteiger charge is 2.15. The van der Waals surface area contributed by atoms with Gasteiger partial charge < -0.3 is 0 Å². The van der Waals surface area contributed by atoms with Crippen molar-refractivity contribution >= 4 is 37.4 Å². The summed E-state index contributed by atoms with van der Waals surface area (Å²) in [7, 11) is 0. The molecule has 0 aromatic carbocycles. The molecule has 0 saturated carbocycles. The van der Waals surface area contributed by atoms with Crippen molar-refractivity contribution in [3.8, 4) is 0 Å². The number of hydrogen-bond acceptors (Lipinski definition) is 2. The van der Waals surface area contributed by atoms with Crippen molar-refractivity contribution in [1.82, 2.24) is 4.98 Å². The number of pyridine rings is 1. The van der Waals surface area contributed by atoms with Crippen LogP contribution in [0.2, 0.25) is 0 Å². The molecule has 0 aliphatic carbocycles. The lowest BCUT2D eigenvalue weighted by atomic mass is 10.0. The molecule has 2 aromatic heterocycles. The van der Waals surface area contributed by atoms with E-state index in [-0.39, 0.29) is 0 Å². The number of halogens is 1. The fourth-order valence-corrected chi connectivity index (χ4v) is 2.54. The topological polar surface area (TPSA) is 12.9 Å². The van der Waals surface area contributed by atoms with Gasteiger partial charge in [-0.3, -0.25) is 4.98 Å². The molecular formula is C11H12BrNS. The van der Waals surface area contributed by atoms with Gasteiger partial charge in [-0.1, -0.05) is 29.8 Å². The van der Waals surface area contributed by atoms with E-state index >= 15 is 0 Å². The molecule has 3 heteroatoms. The number of hydrogen-bond donors (Lipinski definition) is 0. The highest BCUT2D eigenvalue weighted by Crippen LogP contribution is 2.30. The third-order valence-corrected chi connectivity index (χ3v) is 4.21. The monoisotopic (exact) mass is 269 g/mol. The summed E-state index contributed by atoms with van der Waals surface area (Å²) in [6, 6.07) is 4.24. The van der Waals surface area contributed by atoms with Gasteiger partial charge in [-0.05, 0) is 17.5 Å². The Morgan fingerprint density at radius 2 is 2.14 bits per heavy atom. The summed E-state index contributed by atoms with van der Waals surface area (Å²) in [5, 5.41) is 3.43. The van der Waals surface area contributed by atoms with Crippen molar-refractivity contribution in [1.29, 1.82) is 0 Å². The Balaban J connectivity index is 2.56. The van der Waals surface area contributed by atoms with Crippen LogP contribution in [0.1, 0.15) is 25.5 Å². The standard InChI is InChI=1S/C11H12BrNS/c1-7(8(2)12)11-9-4-6-14-10(9)3-5-13-11/h3-8H,1-2H3. The zero-order chi connectivity index (χ0) is 10.1. The Hall–Kier alpha value is -0.410. The molecule has 0 spiro atoms. The summed E-state index contributed by atoms with van der Waals surface area (Å²) in [5.74, 6) is 0.452. The van der Waals surface area contributed by atoms with Crippen molar-refractivity contribution in [2.45, 2.75) is 24.6 Å². The maximum atomic E-state index is 4.48. The first-order valence-electron chi connectivity index (χ1n) is 4.66. The smallest absolute Gasteiger partial charge is 0.0529 e. The van der Waals surface area contributed by atoms with E-state index in [4.69, 9.17) is 0 Å². The fraction of sp³-hybridized carbons (Fsp3) is 0.364. The average molecular weight is 270 g/mol. The van der Waals surface area contributed by atoms with E-state index in [0.717, 1.165) is 0 Å². The summed E-state index contributed by atoms with van der Waals surface area (Å²) < 4.78 is 1.33. The third-order valence-electron chi connectivity index (χ3n) is 2.53. The molecule has 2 unspecified atom stereocenters. The van der Waals surface area contributed by atoms with Crippen LogP contribution < -0.4 is 0 Å². The molecule has 14 heavy (non-hydrogen) atoms. The minimum Gasteiger partial charge on any atom is -0.260 e. The lowest BCUT2D eigenvalue weighted by molar-refractivity contribution is 0.742. The molecule has 0 amide bonds. The first-order chi connectivity index (χ1) is 6.70. The van der Waals surface area contributed by atoms with E-state index in [1.807, 2.05) is 6.20 Å². The molecule has 0 fully saturated rings. The first kappa shape index (κ1) is 10.1. The van der Waals surface area contributed by atoms with Crippen molar-refractivity contribution in [3.05, 3.63) is 29.4 Å². The highest BCUT2D eigenvalue weighted by atomic mass is 79.9. The van der Waals surface area contributed by atoms with Gasteiger partial charge in [0.1, 0.15) is 0 Å². The minimum absolute atomic E-state index is 0.452. The lowest BCUT2D eigenvalue weighted by Crippen LogP contribution is -2.06. The molecule has 74 valence electrons. The number of fused-ring (bicyclic) bond motifs is 1. The third kappa shape index (κ3) is 1.71. The van der Waals surface area contributed by atoms with Gasteiger partial charge in [0.05, 0.1) is 5.69 Å². The molecule has 0 aliphatic rings. The molecular weight excluding hydrogens is 258 g/mol. The lowest BCUT2D eigenvalue weighted by Gasteiger charge is -2.14. The van der Waals surface area contributed by atoms with Crippen LogP contribution in [-0.2, 0) is 0 Å². The molecule has 2 aromatic rings. The average Bonchev–Trinajstić information content (AvgIpc) is 2.63. The quantitative estimate of drug-likeness (QED) is 0.746. The summed E-state index contributed by atoms with van der Waals surface area (Å²) in [6.07, 6.45) is 1.90. The zero-order valence-electron chi connectivity index (χ0n) is 8.20. The van der Waals surface area contributed by atoms with Crippen LogP contribution >= 0.6 is 27.3 Å². The van der Waals surface area contributed by atoms with Gasteiger partial charge in [0.2, 0.25) is 0 Å². The van der Waals surface area contributed by atoms with Crippen molar-refractivity contribution in [3.63, 3.8) is 0 Å². The summed E-state index contributed by atoms with van der Waals surface area (Å²) >= 11 is 5.39. The van der Waals surface area contributed by atoms with E-state index in [0.29, 0.717) is 10.7 Å². The molecule has 0 radical (unpaired) electrons. The zero-order valence-corrected chi connectivity index (χ0v) is 10.6. The van der Waals surface area contributed by atoms with Crippen LogP contribution in [0.5, 0.6) is 0 Å². The van der Waals surface area contributed by atoms with Crippen LogP contribution in [0.15, 0.2) is 23.7 Å². The minimum atomic E-state index is 0.452. The van der Waals surface area contributed by atoms with Crippen LogP contribution in [0.4, 0.5) is 0 Å². The predicted octanol–water partition coefficient (Wildman–Crippen LogP) is 4.18. The maximum Gasteiger partial charge on any atom is 0.0529 e. The van der Waals surface area contributed by atoms with Crippen molar-refractivity contribution in [2.75, 3.05) is 0 Å². The molecule has 2 atom stereocenters. The van der Waals surface area contributed by atoms with Gasteiger partial charge in [0.15, 0.2) is 0 Å². The molecule has 2 heterocycles. The molecule has 1 nitrogen and oxygen atoms in total. The molecule has 0 N–H and O–H groups in total. The number of rotatable bonds is 2. The first-order valence-corrected chi connectivity index (χ1v) is 6.46. The molecule has 2 rings (SSSR count). The van der Waals surface area contributed by atoms with E-state index in [1.54, 1.807) is 11.3 Å². The molecule has 0 saturated heterocycles. The van der Waals surface area contributed by atoms with Gasteiger partial charge in [-0.25, -0.2) is 0 Å². The SMILES string of the molecule is CC(Br)C(C)c1nccc2sccc12. The summed E-state index contributed by atoms with van der Waals surface area (Å²) in [5.41, 5.74) is 1.20. The van der Waals surface area contributed by atoms with Crippen LogP contribution in [0, 0.1) is 0 Å². The van der Waals surface area contributed by atoms with Crippen LogP contribution in [-0.4, -0.2) is 9.81 Å². The molecule has 0 aliphatic heterocycles. The van der Waals surface area contributed by atoms with Gasteiger partial charge in [0, 0.05) is 27.0 Å². The largest absolute Gasteiger partial charge is 0.260 e. The maximum absolute atomic E-state index is 4.48. The van der Waals surface area contributed by atoms with Crippen molar-refractivity contribution < 1.29 is 0 Å². The van der Waals surface area contributed by atoms with Gasteiger partial charge in [-0.2, -0.15) is 0 Å². The molecule has 0 bridgehead atoms. The Labute approximate surface area is 96.3 Å². The number of nitrogens with zero attached hydrogens (tertiary/aromatic N) is 1. The van der Waals surface area contributed by atoms with Crippen molar-refractivity contribution in [2.24, 2.45) is 0 Å². The normalized spacial score (nSPS) is 15.6. The van der Waals surface area contributed by atoms with Crippen LogP contribution in [0.25, 0.3) is 10.1 Å². The Kier molecular flexibility index (Phi) is 2.88. The second kappa shape index (κ2) is 3.99.